The van der Waals surface area contributed by atoms with Crippen LogP contribution in [0.25, 0.3) is 0 Å². The number of carboxylic acid groups (broad SMARTS) is 1. The van der Waals surface area contributed by atoms with Gasteiger partial charge in [0.05, 0.1) is 10.8 Å². The molecule has 0 saturated heterocycles. The first kappa shape index (κ1) is 16.6. The van der Waals surface area contributed by atoms with Crippen molar-refractivity contribution < 1.29 is 23.1 Å². The summed E-state index contributed by atoms with van der Waals surface area (Å²) >= 11 is 0.874. The van der Waals surface area contributed by atoms with Crippen molar-refractivity contribution in [1.82, 2.24) is 5.32 Å². The predicted octanol–water partition coefficient (Wildman–Crippen LogP) is 1.38. The van der Waals surface area contributed by atoms with Crippen LogP contribution < -0.4 is 5.32 Å². The molecule has 1 rings (SSSR count). The highest BCUT2D eigenvalue weighted by Gasteiger charge is 2.19. The number of amides is 1. The molecule has 6 nitrogen and oxygen atoms in total. The molecule has 0 bridgehead atoms. The Balaban J connectivity index is 2.67. The highest BCUT2D eigenvalue weighted by atomic mass is 32.2. The van der Waals surface area contributed by atoms with Crippen molar-refractivity contribution in [3.63, 3.8) is 0 Å². The SMILES string of the molecule is CCC[C@H](CNC(=O)c1ccc(S(C)(=O)=O)s1)C(=O)O. The number of thiophene rings is 1. The third kappa shape index (κ3) is 4.61. The van der Waals surface area contributed by atoms with Crippen LogP contribution in [0.3, 0.4) is 0 Å². The second kappa shape index (κ2) is 6.85. The first-order valence-corrected chi connectivity index (χ1v) is 8.77. The third-order valence-corrected chi connectivity index (χ3v) is 5.57. The zero-order valence-electron chi connectivity index (χ0n) is 11.3. The van der Waals surface area contributed by atoms with E-state index in [0.717, 1.165) is 17.6 Å². The van der Waals surface area contributed by atoms with Gasteiger partial charge in [0.25, 0.3) is 5.91 Å². The zero-order valence-corrected chi connectivity index (χ0v) is 12.9. The van der Waals surface area contributed by atoms with Crippen LogP contribution in [0.4, 0.5) is 0 Å². The van der Waals surface area contributed by atoms with E-state index in [0.29, 0.717) is 12.8 Å². The van der Waals surface area contributed by atoms with E-state index in [1.807, 2.05) is 6.92 Å². The van der Waals surface area contributed by atoms with E-state index in [1.54, 1.807) is 0 Å². The summed E-state index contributed by atoms with van der Waals surface area (Å²) in [6.07, 6.45) is 2.26. The fourth-order valence-corrected chi connectivity index (χ4v) is 3.45. The molecule has 1 heterocycles. The van der Waals surface area contributed by atoms with Crippen LogP contribution in [0.5, 0.6) is 0 Å². The maximum Gasteiger partial charge on any atom is 0.308 e. The van der Waals surface area contributed by atoms with Crippen molar-refractivity contribution in [2.24, 2.45) is 5.92 Å². The van der Waals surface area contributed by atoms with Crippen molar-refractivity contribution in [2.45, 2.75) is 24.0 Å². The van der Waals surface area contributed by atoms with Crippen LogP contribution in [0, 0.1) is 5.92 Å². The van der Waals surface area contributed by atoms with Gasteiger partial charge in [0.1, 0.15) is 4.21 Å². The van der Waals surface area contributed by atoms with Crippen molar-refractivity contribution in [3.05, 3.63) is 17.0 Å². The van der Waals surface area contributed by atoms with Gasteiger partial charge in [0.2, 0.25) is 0 Å². The molecule has 0 saturated carbocycles. The number of sulfone groups is 1. The number of carboxylic acids is 1. The largest absolute Gasteiger partial charge is 0.481 e. The van der Waals surface area contributed by atoms with Gasteiger partial charge in [-0.05, 0) is 18.6 Å². The molecule has 20 heavy (non-hydrogen) atoms. The average Bonchev–Trinajstić information content (AvgIpc) is 2.83. The van der Waals surface area contributed by atoms with Crippen LogP contribution in [0.15, 0.2) is 16.3 Å². The summed E-state index contributed by atoms with van der Waals surface area (Å²) in [5.74, 6) is -2.03. The van der Waals surface area contributed by atoms with Gasteiger partial charge < -0.3 is 10.4 Å². The van der Waals surface area contributed by atoms with E-state index in [9.17, 15) is 18.0 Å². The van der Waals surface area contributed by atoms with Gasteiger partial charge >= 0.3 is 5.97 Å². The normalized spacial score (nSPS) is 12.9. The third-order valence-electron chi connectivity index (χ3n) is 2.67. The minimum atomic E-state index is -3.32. The Kier molecular flexibility index (Phi) is 5.70. The van der Waals surface area contributed by atoms with Crippen LogP contribution in [-0.2, 0) is 14.6 Å². The molecule has 0 aliphatic carbocycles. The number of carbonyl (C=O) groups excluding carboxylic acids is 1. The fraction of sp³-hybridized carbons (Fsp3) is 0.500. The molecule has 1 aromatic heterocycles. The van der Waals surface area contributed by atoms with Gasteiger partial charge in [0, 0.05) is 12.8 Å². The minimum absolute atomic E-state index is 0.0358. The van der Waals surface area contributed by atoms with E-state index in [4.69, 9.17) is 5.11 Å². The van der Waals surface area contributed by atoms with Crippen molar-refractivity contribution in [1.29, 1.82) is 0 Å². The van der Waals surface area contributed by atoms with E-state index >= 15 is 0 Å². The molecular weight excluding hydrogens is 302 g/mol. The number of carbonyl (C=O) groups is 2. The quantitative estimate of drug-likeness (QED) is 0.791. The molecule has 2 N–H and O–H groups in total. The maximum absolute atomic E-state index is 11.8. The van der Waals surface area contributed by atoms with E-state index < -0.39 is 27.6 Å². The molecule has 112 valence electrons. The Bertz CT molecular complexity index is 591. The van der Waals surface area contributed by atoms with Crippen LogP contribution in [-0.4, -0.2) is 38.2 Å². The van der Waals surface area contributed by atoms with Gasteiger partial charge in [-0.1, -0.05) is 13.3 Å². The van der Waals surface area contributed by atoms with Gasteiger partial charge in [-0.15, -0.1) is 11.3 Å². The molecule has 0 aliphatic rings. The first-order chi connectivity index (χ1) is 9.25. The Labute approximate surface area is 121 Å². The molecule has 1 amide bonds. The summed E-state index contributed by atoms with van der Waals surface area (Å²) in [7, 11) is -3.32. The molecule has 0 spiro atoms. The lowest BCUT2D eigenvalue weighted by atomic mass is 10.0. The van der Waals surface area contributed by atoms with Crippen molar-refractivity contribution in [3.8, 4) is 0 Å². The van der Waals surface area contributed by atoms with E-state index in [2.05, 4.69) is 5.32 Å². The lowest BCUT2D eigenvalue weighted by Gasteiger charge is -2.11. The standard InChI is InChI=1S/C12H17NO5S2/c1-3-4-8(12(15)16)7-13-11(14)9-5-6-10(19-9)20(2,17)18/h5-6,8H,3-4,7H2,1-2H3,(H,13,14)(H,15,16)/t8-/m1/s1. The van der Waals surface area contributed by atoms with Crippen LogP contribution >= 0.6 is 11.3 Å². The number of rotatable bonds is 7. The van der Waals surface area contributed by atoms with Crippen LogP contribution in [0.1, 0.15) is 29.4 Å². The first-order valence-electron chi connectivity index (χ1n) is 6.06. The molecule has 0 aromatic carbocycles. The molecule has 0 aliphatic heterocycles. The number of hydrogen-bond acceptors (Lipinski definition) is 5. The minimum Gasteiger partial charge on any atom is -0.481 e. The van der Waals surface area contributed by atoms with Gasteiger partial charge in [-0.25, -0.2) is 8.42 Å². The summed E-state index contributed by atoms with van der Waals surface area (Å²) in [6.45, 7) is 1.91. The fourth-order valence-electron chi connectivity index (χ4n) is 1.61. The molecule has 0 unspecified atom stereocenters. The summed E-state index contributed by atoms with van der Waals surface area (Å²) in [5.41, 5.74) is 0. The molecule has 1 atom stereocenters. The number of aliphatic carboxylic acids is 1. The van der Waals surface area contributed by atoms with Gasteiger partial charge in [0.15, 0.2) is 9.84 Å². The second-order valence-electron chi connectivity index (χ2n) is 4.42. The molecular formula is C12H17NO5S2. The molecule has 0 fully saturated rings. The summed E-state index contributed by atoms with van der Waals surface area (Å²) in [6, 6.07) is 2.79. The Morgan fingerprint density at radius 3 is 2.50 bits per heavy atom. The lowest BCUT2D eigenvalue weighted by molar-refractivity contribution is -0.141. The van der Waals surface area contributed by atoms with E-state index in [1.165, 1.54) is 12.1 Å². The molecule has 0 radical (unpaired) electrons. The Morgan fingerprint density at radius 1 is 1.40 bits per heavy atom. The smallest absolute Gasteiger partial charge is 0.308 e. The zero-order chi connectivity index (χ0) is 15.3. The highest BCUT2D eigenvalue weighted by molar-refractivity contribution is 7.92. The average molecular weight is 319 g/mol. The highest BCUT2D eigenvalue weighted by Crippen LogP contribution is 2.21. The Hall–Kier alpha value is -1.41. The summed E-state index contributed by atoms with van der Waals surface area (Å²) in [5, 5.41) is 11.5. The second-order valence-corrected chi connectivity index (χ2v) is 7.75. The van der Waals surface area contributed by atoms with Crippen molar-refractivity contribution in [2.75, 3.05) is 12.8 Å². The van der Waals surface area contributed by atoms with Crippen molar-refractivity contribution >= 4 is 33.1 Å². The Morgan fingerprint density at radius 2 is 2.05 bits per heavy atom. The predicted molar refractivity (Wildman–Crippen MR) is 75.8 cm³/mol. The monoisotopic (exact) mass is 319 g/mol. The van der Waals surface area contributed by atoms with Crippen LogP contribution in [0.2, 0.25) is 0 Å². The summed E-state index contributed by atoms with van der Waals surface area (Å²) in [4.78, 5) is 23.0. The van der Waals surface area contributed by atoms with E-state index in [-0.39, 0.29) is 15.6 Å². The molecule has 1 aromatic rings. The summed E-state index contributed by atoms with van der Waals surface area (Å²) < 4.78 is 22.7. The number of nitrogens with one attached hydrogen (secondary N) is 1. The number of hydrogen-bond donors (Lipinski definition) is 2. The maximum atomic E-state index is 11.8. The molecule has 8 heteroatoms. The van der Waals surface area contributed by atoms with Gasteiger partial charge in [-0.2, -0.15) is 0 Å². The van der Waals surface area contributed by atoms with Gasteiger partial charge in [-0.3, -0.25) is 9.59 Å². The topological polar surface area (TPSA) is 101 Å². The lowest BCUT2D eigenvalue weighted by Crippen LogP contribution is -2.32.